The number of thiazole rings is 1. The molecule has 1 aliphatic carbocycles. The first-order valence-corrected chi connectivity index (χ1v) is 6.71. The number of rotatable bonds is 3. The molecule has 1 N–H and O–H groups in total. The quantitative estimate of drug-likeness (QED) is 0.921. The van der Waals surface area contributed by atoms with E-state index in [0.29, 0.717) is 11.2 Å². The minimum absolute atomic E-state index is 0.187. The molecule has 0 saturated heterocycles. The zero-order valence-corrected chi connectivity index (χ0v) is 11.1. The van der Waals surface area contributed by atoms with Crippen molar-refractivity contribution >= 4 is 16.5 Å². The minimum Gasteiger partial charge on any atom is -0.357 e. The van der Waals surface area contributed by atoms with Crippen molar-refractivity contribution in [2.75, 3.05) is 19.4 Å². The van der Waals surface area contributed by atoms with Crippen LogP contribution in [-0.4, -0.2) is 36.1 Å². The van der Waals surface area contributed by atoms with Gasteiger partial charge in [0, 0.05) is 17.5 Å². The average molecular weight is 279 g/mol. The van der Waals surface area contributed by atoms with Crippen molar-refractivity contribution in [2.24, 2.45) is 0 Å². The molecule has 2 rings (SSSR count). The highest BCUT2D eigenvalue weighted by Crippen LogP contribution is 2.33. The van der Waals surface area contributed by atoms with Gasteiger partial charge in [-0.15, -0.1) is 11.3 Å². The van der Waals surface area contributed by atoms with Gasteiger partial charge in [0.05, 0.1) is 0 Å². The maximum atomic E-state index is 12.4. The smallest absolute Gasteiger partial charge is 0.357 e. The van der Waals surface area contributed by atoms with Crippen LogP contribution in [0.3, 0.4) is 0 Å². The molecular formula is C11H16F3N3S. The summed E-state index contributed by atoms with van der Waals surface area (Å²) < 4.78 is 37.3. The molecule has 1 aromatic rings. The van der Waals surface area contributed by atoms with E-state index >= 15 is 0 Å². The first-order chi connectivity index (χ1) is 8.38. The van der Waals surface area contributed by atoms with Crippen LogP contribution < -0.4 is 5.32 Å². The molecule has 7 heteroatoms. The number of hydrogen-bond acceptors (Lipinski definition) is 4. The van der Waals surface area contributed by atoms with Crippen LogP contribution in [0.4, 0.5) is 18.3 Å². The summed E-state index contributed by atoms with van der Waals surface area (Å²) in [6.07, 6.45) is -1.21. The van der Waals surface area contributed by atoms with Gasteiger partial charge in [-0.1, -0.05) is 0 Å². The predicted octanol–water partition coefficient (Wildman–Crippen LogP) is 3.06. The summed E-state index contributed by atoms with van der Waals surface area (Å²) >= 11 is 1.02. The van der Waals surface area contributed by atoms with Crippen molar-refractivity contribution in [1.29, 1.82) is 0 Å². The number of alkyl halides is 3. The highest BCUT2D eigenvalue weighted by atomic mass is 32.1. The summed E-state index contributed by atoms with van der Waals surface area (Å²) in [6, 6.07) is 0.551. The Kier molecular flexibility index (Phi) is 3.82. The molecule has 3 nitrogen and oxygen atoms in total. The maximum Gasteiger partial charge on any atom is 0.434 e. The van der Waals surface area contributed by atoms with Crippen molar-refractivity contribution in [2.45, 2.75) is 37.5 Å². The number of aromatic nitrogens is 1. The largest absolute Gasteiger partial charge is 0.434 e. The van der Waals surface area contributed by atoms with Gasteiger partial charge in [-0.3, -0.25) is 0 Å². The molecule has 18 heavy (non-hydrogen) atoms. The van der Waals surface area contributed by atoms with Gasteiger partial charge in [0.25, 0.3) is 0 Å². The molecule has 2 atom stereocenters. The molecule has 0 radical (unpaired) electrons. The molecule has 0 aromatic carbocycles. The molecule has 1 aromatic heterocycles. The van der Waals surface area contributed by atoms with Crippen LogP contribution in [0.5, 0.6) is 0 Å². The molecule has 0 unspecified atom stereocenters. The monoisotopic (exact) mass is 279 g/mol. The van der Waals surface area contributed by atoms with Crippen LogP contribution in [0.2, 0.25) is 0 Å². The Morgan fingerprint density at radius 3 is 2.67 bits per heavy atom. The normalized spacial score (nSPS) is 24.8. The first kappa shape index (κ1) is 13.6. The third kappa shape index (κ3) is 2.95. The number of likely N-dealkylation sites (N-methyl/N-ethyl adjacent to an activating group) is 1. The van der Waals surface area contributed by atoms with E-state index in [1.54, 1.807) is 0 Å². The highest BCUT2D eigenvalue weighted by Gasteiger charge is 2.35. The molecule has 1 aliphatic rings. The minimum atomic E-state index is -4.35. The van der Waals surface area contributed by atoms with E-state index in [1.807, 2.05) is 14.1 Å². The summed E-state index contributed by atoms with van der Waals surface area (Å²) in [5.41, 5.74) is -0.811. The first-order valence-electron chi connectivity index (χ1n) is 5.83. The molecule has 0 spiro atoms. The summed E-state index contributed by atoms with van der Waals surface area (Å²) in [4.78, 5) is 5.72. The van der Waals surface area contributed by atoms with Gasteiger partial charge in [0.1, 0.15) is 0 Å². The van der Waals surface area contributed by atoms with Crippen molar-refractivity contribution in [3.05, 3.63) is 11.1 Å². The van der Waals surface area contributed by atoms with E-state index in [2.05, 4.69) is 15.2 Å². The van der Waals surface area contributed by atoms with E-state index in [1.165, 1.54) is 0 Å². The van der Waals surface area contributed by atoms with Gasteiger partial charge in [-0.2, -0.15) is 13.2 Å². The average Bonchev–Trinajstić information content (AvgIpc) is 2.85. The van der Waals surface area contributed by atoms with Crippen LogP contribution in [-0.2, 0) is 6.18 Å². The zero-order valence-electron chi connectivity index (χ0n) is 10.3. The van der Waals surface area contributed by atoms with Crippen LogP contribution in [0.25, 0.3) is 0 Å². The van der Waals surface area contributed by atoms with E-state index < -0.39 is 11.9 Å². The molecular weight excluding hydrogens is 263 g/mol. The summed E-state index contributed by atoms with van der Waals surface area (Å²) in [5, 5.41) is 4.55. The molecule has 1 saturated carbocycles. The second kappa shape index (κ2) is 5.05. The molecule has 0 aliphatic heterocycles. The van der Waals surface area contributed by atoms with Crippen LogP contribution in [0.15, 0.2) is 5.38 Å². The summed E-state index contributed by atoms with van der Waals surface area (Å²) in [5.74, 6) is 0. The van der Waals surface area contributed by atoms with E-state index in [4.69, 9.17) is 0 Å². The van der Waals surface area contributed by atoms with E-state index in [9.17, 15) is 13.2 Å². The van der Waals surface area contributed by atoms with Crippen molar-refractivity contribution < 1.29 is 13.2 Å². The lowest BCUT2D eigenvalue weighted by Crippen LogP contribution is -2.39. The van der Waals surface area contributed by atoms with Crippen LogP contribution >= 0.6 is 11.3 Å². The van der Waals surface area contributed by atoms with Gasteiger partial charge in [-0.05, 0) is 33.4 Å². The van der Waals surface area contributed by atoms with E-state index in [0.717, 1.165) is 36.0 Å². The summed E-state index contributed by atoms with van der Waals surface area (Å²) in [7, 11) is 3.99. The molecule has 1 fully saturated rings. The second-order valence-corrected chi connectivity index (χ2v) is 5.61. The van der Waals surface area contributed by atoms with Gasteiger partial charge >= 0.3 is 6.18 Å². The van der Waals surface area contributed by atoms with E-state index in [-0.39, 0.29) is 6.04 Å². The number of halogens is 3. The van der Waals surface area contributed by atoms with Gasteiger partial charge < -0.3 is 10.2 Å². The van der Waals surface area contributed by atoms with Gasteiger partial charge in [-0.25, -0.2) is 4.98 Å². The Morgan fingerprint density at radius 2 is 2.11 bits per heavy atom. The lowest BCUT2D eigenvalue weighted by Gasteiger charge is -2.26. The lowest BCUT2D eigenvalue weighted by molar-refractivity contribution is -0.140. The fourth-order valence-corrected chi connectivity index (χ4v) is 3.14. The van der Waals surface area contributed by atoms with Crippen LogP contribution in [0.1, 0.15) is 25.0 Å². The van der Waals surface area contributed by atoms with Gasteiger partial charge in [0.15, 0.2) is 10.8 Å². The standard InChI is InChI=1S/C11H16F3N3S/c1-17(2)8-5-3-4-7(8)15-10-16-9(6-18-10)11(12,13)14/h6-8H,3-5H2,1-2H3,(H,15,16)/t7-,8-/m0/s1. The summed E-state index contributed by atoms with van der Waals surface area (Å²) in [6.45, 7) is 0. The van der Waals surface area contributed by atoms with Gasteiger partial charge in [0.2, 0.25) is 0 Å². The fraction of sp³-hybridized carbons (Fsp3) is 0.727. The van der Waals surface area contributed by atoms with Crippen molar-refractivity contribution in [3.8, 4) is 0 Å². The number of nitrogens with zero attached hydrogens (tertiary/aromatic N) is 2. The Labute approximate surface area is 108 Å². The Hall–Kier alpha value is -0.820. The Morgan fingerprint density at radius 1 is 1.39 bits per heavy atom. The molecule has 0 bridgehead atoms. The Balaban J connectivity index is 2.03. The fourth-order valence-electron chi connectivity index (χ4n) is 2.36. The second-order valence-electron chi connectivity index (χ2n) is 4.75. The predicted molar refractivity (Wildman–Crippen MR) is 65.9 cm³/mol. The molecule has 1 heterocycles. The molecule has 0 amide bonds. The SMILES string of the molecule is CN(C)[C@H]1CCC[C@@H]1Nc1nc(C(F)(F)F)cs1. The topological polar surface area (TPSA) is 28.2 Å². The third-order valence-corrected chi connectivity index (χ3v) is 4.02. The number of hydrogen-bond donors (Lipinski definition) is 1. The zero-order chi connectivity index (χ0) is 13.3. The number of nitrogens with one attached hydrogen (secondary N) is 1. The highest BCUT2D eigenvalue weighted by molar-refractivity contribution is 7.13. The third-order valence-electron chi connectivity index (χ3n) is 3.25. The van der Waals surface area contributed by atoms with Crippen molar-refractivity contribution in [3.63, 3.8) is 0 Å². The maximum absolute atomic E-state index is 12.4. The molecule has 102 valence electrons. The Bertz CT molecular complexity index is 402. The van der Waals surface area contributed by atoms with Crippen molar-refractivity contribution in [1.82, 2.24) is 9.88 Å². The number of anilines is 1. The van der Waals surface area contributed by atoms with Crippen LogP contribution in [0, 0.1) is 0 Å². The lowest BCUT2D eigenvalue weighted by atomic mass is 10.1.